The molecule has 0 rings (SSSR count). The molecule has 0 spiro atoms. The molecular formula is C17H30N6O8. The molecule has 31 heavy (non-hydrogen) atoms. The minimum absolute atomic E-state index is 0.365. The predicted octanol–water partition coefficient (Wildman–Crippen LogP) is -3.65. The Morgan fingerprint density at radius 3 is 2.03 bits per heavy atom. The number of carboxylic acid groups (broad SMARTS) is 2. The third kappa shape index (κ3) is 12.8. The van der Waals surface area contributed by atoms with Crippen LogP contribution in [0.15, 0.2) is 0 Å². The van der Waals surface area contributed by atoms with Crippen molar-refractivity contribution >= 4 is 35.6 Å². The van der Waals surface area contributed by atoms with Crippen LogP contribution < -0.4 is 33.2 Å². The van der Waals surface area contributed by atoms with Crippen molar-refractivity contribution in [2.45, 2.75) is 56.7 Å². The van der Waals surface area contributed by atoms with Crippen molar-refractivity contribution < 1.29 is 39.0 Å². The number of unbranched alkanes of at least 4 members (excludes halogenated alkanes) is 1. The number of hydrogen-bond acceptors (Lipinski definition) is 8. The van der Waals surface area contributed by atoms with Crippen molar-refractivity contribution in [3.8, 4) is 0 Å². The van der Waals surface area contributed by atoms with Gasteiger partial charge in [0.15, 0.2) is 0 Å². The molecule has 0 aromatic heterocycles. The molecular weight excluding hydrogens is 416 g/mol. The Kier molecular flexibility index (Phi) is 13.1. The molecule has 0 aliphatic carbocycles. The highest BCUT2D eigenvalue weighted by Gasteiger charge is 2.28. The van der Waals surface area contributed by atoms with Crippen molar-refractivity contribution in [3.05, 3.63) is 0 Å². The van der Waals surface area contributed by atoms with Gasteiger partial charge in [0.2, 0.25) is 23.6 Å². The number of nitrogens with one attached hydrogen (secondary N) is 3. The number of hydrogen-bond donors (Lipinski definition) is 8. The second-order valence-corrected chi connectivity index (χ2v) is 6.73. The summed E-state index contributed by atoms with van der Waals surface area (Å²) in [6, 6.07) is -3.93. The Hall–Kier alpha value is -3.26. The quantitative estimate of drug-likeness (QED) is 0.108. The van der Waals surface area contributed by atoms with Crippen molar-refractivity contribution in [3.63, 3.8) is 0 Å². The molecule has 14 nitrogen and oxygen atoms in total. The molecule has 11 N–H and O–H groups in total. The van der Waals surface area contributed by atoms with Crippen LogP contribution in [0.4, 0.5) is 0 Å². The zero-order valence-corrected chi connectivity index (χ0v) is 17.0. The van der Waals surface area contributed by atoms with Crippen LogP contribution in [0.25, 0.3) is 0 Å². The Morgan fingerprint density at radius 1 is 0.871 bits per heavy atom. The molecule has 0 aromatic carbocycles. The SMILES string of the molecule is NCCCCC(N)C(=O)NCC(=O)NC(CC(N)=O)C(=O)NC(CCC(=O)O)C(=O)O. The van der Waals surface area contributed by atoms with Gasteiger partial charge in [-0.2, -0.15) is 0 Å². The fourth-order valence-corrected chi connectivity index (χ4v) is 2.39. The van der Waals surface area contributed by atoms with Gasteiger partial charge in [0.05, 0.1) is 19.0 Å². The maximum absolute atomic E-state index is 12.3. The largest absolute Gasteiger partial charge is 0.481 e. The number of amides is 4. The third-order valence-electron chi connectivity index (χ3n) is 4.05. The Morgan fingerprint density at radius 2 is 1.52 bits per heavy atom. The van der Waals surface area contributed by atoms with E-state index in [-0.39, 0.29) is 0 Å². The summed E-state index contributed by atoms with van der Waals surface area (Å²) >= 11 is 0. The fourth-order valence-electron chi connectivity index (χ4n) is 2.39. The highest BCUT2D eigenvalue weighted by atomic mass is 16.4. The van der Waals surface area contributed by atoms with E-state index in [1.54, 1.807) is 0 Å². The van der Waals surface area contributed by atoms with Crippen LogP contribution in [-0.2, 0) is 28.8 Å². The summed E-state index contributed by atoms with van der Waals surface area (Å²) in [7, 11) is 0. The van der Waals surface area contributed by atoms with Gasteiger partial charge < -0.3 is 43.4 Å². The molecule has 14 heteroatoms. The molecule has 4 amide bonds. The lowest BCUT2D eigenvalue weighted by molar-refractivity contribution is -0.143. The summed E-state index contributed by atoms with van der Waals surface area (Å²) in [6.07, 6.45) is 0.104. The van der Waals surface area contributed by atoms with E-state index in [1.165, 1.54) is 0 Å². The van der Waals surface area contributed by atoms with E-state index >= 15 is 0 Å². The Labute approximate surface area is 178 Å². The first kappa shape index (κ1) is 27.7. The average molecular weight is 446 g/mol. The first-order valence-corrected chi connectivity index (χ1v) is 9.53. The zero-order chi connectivity index (χ0) is 24.0. The lowest BCUT2D eigenvalue weighted by Gasteiger charge is -2.20. The lowest BCUT2D eigenvalue weighted by Crippen LogP contribution is -2.54. The van der Waals surface area contributed by atoms with Gasteiger partial charge in [-0.1, -0.05) is 6.42 Å². The fraction of sp³-hybridized carbons (Fsp3) is 0.647. The predicted molar refractivity (Wildman–Crippen MR) is 106 cm³/mol. The highest BCUT2D eigenvalue weighted by Crippen LogP contribution is 2.01. The zero-order valence-electron chi connectivity index (χ0n) is 17.0. The molecule has 0 bridgehead atoms. The molecule has 0 heterocycles. The smallest absolute Gasteiger partial charge is 0.326 e. The maximum atomic E-state index is 12.3. The monoisotopic (exact) mass is 446 g/mol. The minimum Gasteiger partial charge on any atom is -0.481 e. The molecule has 0 saturated heterocycles. The van der Waals surface area contributed by atoms with Gasteiger partial charge in [-0.25, -0.2) is 4.79 Å². The standard InChI is InChI=1S/C17H30N6O8/c18-6-2-1-3-9(19)15(28)21-8-13(25)22-11(7-12(20)24)16(29)23-10(17(30)31)4-5-14(26)27/h9-11H,1-8,18-19H2,(H2,20,24)(H,21,28)(H,22,25)(H,23,29)(H,26,27)(H,30,31). The van der Waals surface area contributed by atoms with Gasteiger partial charge in [-0.3, -0.25) is 24.0 Å². The van der Waals surface area contributed by atoms with Crippen LogP contribution >= 0.6 is 0 Å². The Balaban J connectivity index is 4.84. The maximum Gasteiger partial charge on any atom is 0.326 e. The van der Waals surface area contributed by atoms with Crippen molar-refractivity contribution in [2.75, 3.05) is 13.1 Å². The van der Waals surface area contributed by atoms with E-state index in [9.17, 15) is 28.8 Å². The number of aliphatic carboxylic acids is 2. The van der Waals surface area contributed by atoms with E-state index < -0.39 is 79.5 Å². The Bertz CT molecular complexity index is 671. The molecule has 3 unspecified atom stereocenters. The van der Waals surface area contributed by atoms with Crippen LogP contribution in [0, 0.1) is 0 Å². The molecule has 0 fully saturated rings. The van der Waals surface area contributed by atoms with Gasteiger partial charge in [0.1, 0.15) is 12.1 Å². The van der Waals surface area contributed by atoms with Gasteiger partial charge in [-0.15, -0.1) is 0 Å². The first-order valence-electron chi connectivity index (χ1n) is 9.53. The van der Waals surface area contributed by atoms with Gasteiger partial charge >= 0.3 is 11.9 Å². The molecule has 0 aliphatic rings. The molecule has 0 saturated carbocycles. The van der Waals surface area contributed by atoms with Crippen molar-refractivity contribution in [2.24, 2.45) is 17.2 Å². The number of carbonyl (C=O) groups excluding carboxylic acids is 4. The summed E-state index contributed by atoms with van der Waals surface area (Å²) in [5.41, 5.74) is 16.1. The van der Waals surface area contributed by atoms with E-state index in [1.807, 2.05) is 0 Å². The number of carboxylic acids is 2. The molecule has 3 atom stereocenters. The molecule has 0 radical (unpaired) electrons. The average Bonchev–Trinajstić information content (AvgIpc) is 2.67. The van der Waals surface area contributed by atoms with Crippen molar-refractivity contribution in [1.82, 2.24) is 16.0 Å². The summed E-state index contributed by atoms with van der Waals surface area (Å²) in [4.78, 5) is 69.3. The highest BCUT2D eigenvalue weighted by molar-refractivity contribution is 5.95. The van der Waals surface area contributed by atoms with E-state index in [4.69, 9.17) is 27.4 Å². The summed E-state index contributed by atoms with van der Waals surface area (Å²) in [5, 5.41) is 24.3. The summed E-state index contributed by atoms with van der Waals surface area (Å²) < 4.78 is 0. The van der Waals surface area contributed by atoms with E-state index in [2.05, 4.69) is 16.0 Å². The lowest BCUT2D eigenvalue weighted by atomic mass is 10.1. The van der Waals surface area contributed by atoms with Crippen LogP contribution in [0.1, 0.15) is 38.5 Å². The topological polar surface area (TPSA) is 257 Å². The van der Waals surface area contributed by atoms with E-state index in [0.717, 1.165) is 0 Å². The third-order valence-corrected chi connectivity index (χ3v) is 4.05. The van der Waals surface area contributed by atoms with Crippen LogP contribution in [0.2, 0.25) is 0 Å². The molecule has 0 aromatic rings. The molecule has 176 valence electrons. The number of primary amides is 1. The second kappa shape index (κ2) is 14.7. The van der Waals surface area contributed by atoms with Crippen LogP contribution in [-0.4, -0.2) is 77.0 Å². The summed E-state index contributed by atoms with van der Waals surface area (Å²) in [5.74, 6) is -6.20. The number of nitrogens with two attached hydrogens (primary N) is 3. The van der Waals surface area contributed by atoms with Crippen LogP contribution in [0.5, 0.6) is 0 Å². The number of carbonyl (C=O) groups is 6. The second-order valence-electron chi connectivity index (χ2n) is 6.73. The van der Waals surface area contributed by atoms with Crippen molar-refractivity contribution in [1.29, 1.82) is 0 Å². The number of rotatable bonds is 16. The first-order chi connectivity index (χ1) is 14.5. The normalized spacial score (nSPS) is 13.4. The van der Waals surface area contributed by atoms with Crippen LogP contribution in [0.3, 0.4) is 0 Å². The van der Waals surface area contributed by atoms with Gasteiger partial charge in [-0.05, 0) is 25.8 Å². The van der Waals surface area contributed by atoms with Gasteiger partial charge in [0.25, 0.3) is 0 Å². The van der Waals surface area contributed by atoms with Gasteiger partial charge in [0, 0.05) is 6.42 Å². The minimum atomic E-state index is -1.55. The summed E-state index contributed by atoms with van der Waals surface area (Å²) in [6.45, 7) is -0.0908. The van der Waals surface area contributed by atoms with E-state index in [0.29, 0.717) is 25.8 Å². The molecule has 0 aliphatic heterocycles.